The average Bonchev–Trinajstić information content (AvgIpc) is 2.99. The Morgan fingerprint density at radius 2 is 2.25 bits per heavy atom. The molecule has 1 fully saturated rings. The van der Waals surface area contributed by atoms with Crippen molar-refractivity contribution in [1.82, 2.24) is 9.55 Å². The standard InChI is InChI=1S/C12H12BrClN2/c1-7(14)12-15-10-6-8(13)2-5-11(10)16(12)9-3-4-9/h2,5-7,9H,3-4H2,1H3. The molecular formula is C12H12BrClN2. The van der Waals surface area contributed by atoms with E-state index in [9.17, 15) is 0 Å². The predicted molar refractivity (Wildman–Crippen MR) is 70.0 cm³/mol. The second kappa shape index (κ2) is 3.74. The maximum Gasteiger partial charge on any atom is 0.127 e. The van der Waals surface area contributed by atoms with Crippen molar-refractivity contribution in [2.75, 3.05) is 0 Å². The van der Waals surface area contributed by atoms with E-state index >= 15 is 0 Å². The minimum Gasteiger partial charge on any atom is -0.324 e. The van der Waals surface area contributed by atoms with Gasteiger partial charge in [-0.25, -0.2) is 4.98 Å². The topological polar surface area (TPSA) is 17.8 Å². The third-order valence-corrected chi connectivity index (χ3v) is 3.64. The lowest BCUT2D eigenvalue weighted by molar-refractivity contribution is 0.700. The average molecular weight is 300 g/mol. The van der Waals surface area contributed by atoms with Crippen LogP contribution in [0.15, 0.2) is 22.7 Å². The molecule has 0 spiro atoms. The van der Waals surface area contributed by atoms with E-state index in [2.05, 4.69) is 43.7 Å². The molecule has 2 nitrogen and oxygen atoms in total. The normalized spacial score (nSPS) is 17.9. The number of imidazole rings is 1. The lowest BCUT2D eigenvalue weighted by Crippen LogP contribution is -2.01. The first-order valence-electron chi connectivity index (χ1n) is 5.48. The first-order chi connectivity index (χ1) is 7.66. The zero-order valence-corrected chi connectivity index (χ0v) is 11.3. The van der Waals surface area contributed by atoms with Gasteiger partial charge in [-0.1, -0.05) is 15.9 Å². The maximum absolute atomic E-state index is 6.20. The monoisotopic (exact) mass is 298 g/mol. The zero-order valence-electron chi connectivity index (χ0n) is 8.95. The summed E-state index contributed by atoms with van der Waals surface area (Å²) in [5, 5.41) is -0.0354. The molecule has 0 amide bonds. The Labute approximate surface area is 108 Å². The number of rotatable bonds is 2. The van der Waals surface area contributed by atoms with Gasteiger partial charge in [0.25, 0.3) is 0 Å². The molecule has 0 saturated heterocycles. The molecule has 0 bridgehead atoms. The quantitative estimate of drug-likeness (QED) is 0.750. The van der Waals surface area contributed by atoms with Gasteiger partial charge in [0, 0.05) is 10.5 Å². The van der Waals surface area contributed by atoms with Crippen molar-refractivity contribution in [3.63, 3.8) is 0 Å². The van der Waals surface area contributed by atoms with Gasteiger partial charge < -0.3 is 4.57 Å². The molecule has 0 N–H and O–H groups in total. The zero-order chi connectivity index (χ0) is 11.3. The van der Waals surface area contributed by atoms with E-state index in [0.717, 1.165) is 15.8 Å². The molecule has 2 aromatic rings. The SMILES string of the molecule is CC(Cl)c1nc2cc(Br)ccc2n1C1CC1. The van der Waals surface area contributed by atoms with Crippen LogP contribution in [-0.2, 0) is 0 Å². The van der Waals surface area contributed by atoms with E-state index in [4.69, 9.17) is 11.6 Å². The van der Waals surface area contributed by atoms with Crippen molar-refractivity contribution in [2.24, 2.45) is 0 Å². The summed E-state index contributed by atoms with van der Waals surface area (Å²) in [6.07, 6.45) is 2.50. The van der Waals surface area contributed by atoms with Crippen molar-refractivity contribution in [2.45, 2.75) is 31.2 Å². The van der Waals surface area contributed by atoms with Gasteiger partial charge in [0.15, 0.2) is 0 Å². The number of hydrogen-bond donors (Lipinski definition) is 0. The highest BCUT2D eigenvalue weighted by Gasteiger charge is 2.29. The van der Waals surface area contributed by atoms with Gasteiger partial charge >= 0.3 is 0 Å². The minimum absolute atomic E-state index is 0.0354. The third kappa shape index (κ3) is 1.66. The van der Waals surface area contributed by atoms with Crippen molar-refractivity contribution in [3.05, 3.63) is 28.5 Å². The summed E-state index contributed by atoms with van der Waals surface area (Å²) in [7, 11) is 0. The number of benzene rings is 1. The van der Waals surface area contributed by atoms with Gasteiger partial charge in [0.1, 0.15) is 5.82 Å². The van der Waals surface area contributed by atoms with Crippen LogP contribution in [0.5, 0.6) is 0 Å². The first kappa shape index (κ1) is 10.6. The molecule has 1 unspecified atom stereocenters. The van der Waals surface area contributed by atoms with E-state index in [1.54, 1.807) is 0 Å². The third-order valence-electron chi connectivity index (χ3n) is 2.95. The molecule has 1 saturated carbocycles. The van der Waals surface area contributed by atoms with E-state index in [1.165, 1.54) is 18.4 Å². The van der Waals surface area contributed by atoms with Crippen LogP contribution in [0.25, 0.3) is 11.0 Å². The van der Waals surface area contributed by atoms with Gasteiger partial charge in [-0.3, -0.25) is 0 Å². The Balaban J connectivity index is 2.28. The molecule has 1 heterocycles. The Hall–Kier alpha value is -0.540. The second-order valence-corrected chi connectivity index (χ2v) is 5.89. The van der Waals surface area contributed by atoms with Gasteiger partial charge in [-0.05, 0) is 38.0 Å². The number of hydrogen-bond acceptors (Lipinski definition) is 1. The van der Waals surface area contributed by atoms with Crippen LogP contribution in [0, 0.1) is 0 Å². The number of nitrogens with zero attached hydrogens (tertiary/aromatic N) is 2. The van der Waals surface area contributed by atoms with E-state index < -0.39 is 0 Å². The Bertz CT molecular complexity index is 543. The highest BCUT2D eigenvalue weighted by Crippen LogP contribution is 2.41. The molecule has 1 aromatic carbocycles. The van der Waals surface area contributed by atoms with Crippen LogP contribution in [0.4, 0.5) is 0 Å². The van der Waals surface area contributed by atoms with E-state index in [-0.39, 0.29) is 5.38 Å². The highest BCUT2D eigenvalue weighted by atomic mass is 79.9. The van der Waals surface area contributed by atoms with Crippen LogP contribution in [0.2, 0.25) is 0 Å². The number of aromatic nitrogens is 2. The molecule has 0 radical (unpaired) electrons. The van der Waals surface area contributed by atoms with Crippen molar-refractivity contribution >= 4 is 38.6 Å². The molecule has 3 rings (SSSR count). The minimum atomic E-state index is -0.0354. The number of alkyl halides is 1. The summed E-state index contributed by atoms with van der Waals surface area (Å²) in [4.78, 5) is 4.64. The van der Waals surface area contributed by atoms with Crippen molar-refractivity contribution < 1.29 is 0 Å². The van der Waals surface area contributed by atoms with Gasteiger partial charge in [-0.2, -0.15) is 0 Å². The fourth-order valence-corrected chi connectivity index (χ4v) is 2.59. The molecular weight excluding hydrogens is 288 g/mol. The van der Waals surface area contributed by atoms with Crippen LogP contribution < -0.4 is 0 Å². The Kier molecular flexibility index (Phi) is 2.48. The Morgan fingerprint density at radius 1 is 1.50 bits per heavy atom. The molecule has 4 heteroatoms. The largest absolute Gasteiger partial charge is 0.324 e. The smallest absolute Gasteiger partial charge is 0.127 e. The second-order valence-electron chi connectivity index (χ2n) is 4.32. The summed E-state index contributed by atoms with van der Waals surface area (Å²) in [5.74, 6) is 0.997. The first-order valence-corrected chi connectivity index (χ1v) is 6.71. The molecule has 84 valence electrons. The van der Waals surface area contributed by atoms with E-state index in [0.29, 0.717) is 6.04 Å². The van der Waals surface area contributed by atoms with Crippen LogP contribution in [0.3, 0.4) is 0 Å². The summed E-state index contributed by atoms with van der Waals surface area (Å²) >= 11 is 9.67. The Morgan fingerprint density at radius 3 is 2.88 bits per heavy atom. The summed E-state index contributed by atoms with van der Waals surface area (Å²) in [6, 6.07) is 6.85. The summed E-state index contributed by atoms with van der Waals surface area (Å²) in [6.45, 7) is 1.98. The molecule has 16 heavy (non-hydrogen) atoms. The number of halogens is 2. The van der Waals surface area contributed by atoms with Gasteiger partial charge in [0.2, 0.25) is 0 Å². The molecule has 1 aliphatic carbocycles. The number of fused-ring (bicyclic) bond motifs is 1. The lowest BCUT2D eigenvalue weighted by Gasteiger charge is -2.08. The molecule has 1 aromatic heterocycles. The summed E-state index contributed by atoms with van der Waals surface area (Å²) in [5.41, 5.74) is 2.23. The maximum atomic E-state index is 6.20. The van der Waals surface area contributed by atoms with Crippen LogP contribution >= 0.6 is 27.5 Å². The highest BCUT2D eigenvalue weighted by molar-refractivity contribution is 9.10. The van der Waals surface area contributed by atoms with Crippen LogP contribution in [-0.4, -0.2) is 9.55 Å². The van der Waals surface area contributed by atoms with E-state index in [1.807, 2.05) is 6.92 Å². The fourth-order valence-electron chi connectivity index (χ4n) is 2.09. The predicted octanol–water partition coefficient (Wildman–Crippen LogP) is 4.43. The molecule has 1 aliphatic rings. The molecule has 1 atom stereocenters. The van der Waals surface area contributed by atoms with Crippen molar-refractivity contribution in [3.8, 4) is 0 Å². The van der Waals surface area contributed by atoms with Crippen LogP contribution in [0.1, 0.15) is 37.0 Å². The molecule has 0 aliphatic heterocycles. The van der Waals surface area contributed by atoms with Gasteiger partial charge in [0.05, 0.1) is 16.4 Å². The summed E-state index contributed by atoms with van der Waals surface area (Å²) < 4.78 is 3.37. The lowest BCUT2D eigenvalue weighted by atomic mass is 10.3. The van der Waals surface area contributed by atoms with Gasteiger partial charge in [-0.15, -0.1) is 11.6 Å². The van der Waals surface area contributed by atoms with Crippen molar-refractivity contribution in [1.29, 1.82) is 0 Å². The fraction of sp³-hybridized carbons (Fsp3) is 0.417.